The third kappa shape index (κ3) is 10.4. The number of amides is 2. The second-order valence-corrected chi connectivity index (χ2v) is 13.5. The van der Waals surface area contributed by atoms with Crippen LogP contribution in [0.15, 0.2) is 83.3 Å². The van der Waals surface area contributed by atoms with Gasteiger partial charge in [-0.05, 0) is 61.2 Å². The lowest BCUT2D eigenvalue weighted by Crippen LogP contribution is -2.52. The van der Waals surface area contributed by atoms with Crippen LogP contribution in [0.5, 0.6) is 0 Å². The SMILES string of the molecule is CCC(C)NC(=O)C(Cc1ccccc1)N(Cc1ccc(Br)cc1)C(=O)CCCN(c1cccc(C(F)(F)F)c1)S(C)(=O)=O. The fourth-order valence-electron chi connectivity index (χ4n) is 4.62. The molecule has 44 heavy (non-hydrogen) atoms. The maximum atomic E-state index is 13.9. The molecule has 0 heterocycles. The monoisotopic (exact) mass is 695 g/mol. The van der Waals surface area contributed by atoms with Crippen LogP contribution in [-0.2, 0) is 38.8 Å². The third-order valence-electron chi connectivity index (χ3n) is 7.15. The first kappa shape index (κ1) is 35.1. The standard InChI is InChI=1S/C32H37BrF3N3O4S/c1-4-23(2)37-31(41)29(20-24-10-6-5-7-11-24)38(22-25-15-17-27(33)18-16-25)30(40)14-9-19-39(44(3,42)43)28-13-8-12-26(21-28)32(34,35)36/h5-8,10-13,15-18,21,23,29H,4,9,14,19-20,22H2,1-3H3,(H,37,41). The van der Waals surface area contributed by atoms with E-state index in [0.717, 1.165) is 44.4 Å². The largest absolute Gasteiger partial charge is 0.416 e. The average molecular weight is 697 g/mol. The zero-order chi connectivity index (χ0) is 32.5. The summed E-state index contributed by atoms with van der Waals surface area (Å²) in [5.74, 6) is -0.693. The number of carbonyl (C=O) groups excluding carboxylic acids is 2. The molecule has 12 heteroatoms. The Morgan fingerprint density at radius 3 is 2.20 bits per heavy atom. The summed E-state index contributed by atoms with van der Waals surface area (Å²) in [5, 5.41) is 2.99. The van der Waals surface area contributed by atoms with Gasteiger partial charge in [0.15, 0.2) is 0 Å². The van der Waals surface area contributed by atoms with Gasteiger partial charge in [-0.25, -0.2) is 8.42 Å². The Balaban J connectivity index is 1.90. The first-order chi connectivity index (χ1) is 20.7. The quantitative estimate of drug-likeness (QED) is 0.207. The molecule has 2 amide bonds. The molecule has 0 aliphatic carbocycles. The van der Waals surface area contributed by atoms with Crippen LogP contribution in [0.1, 0.15) is 49.8 Å². The summed E-state index contributed by atoms with van der Waals surface area (Å²) < 4.78 is 66.9. The van der Waals surface area contributed by atoms with Gasteiger partial charge in [-0.15, -0.1) is 0 Å². The minimum atomic E-state index is -4.65. The summed E-state index contributed by atoms with van der Waals surface area (Å²) in [4.78, 5) is 29.0. The predicted molar refractivity (Wildman–Crippen MR) is 169 cm³/mol. The van der Waals surface area contributed by atoms with Gasteiger partial charge in [-0.1, -0.05) is 71.4 Å². The number of rotatable bonds is 14. The van der Waals surface area contributed by atoms with Crippen LogP contribution in [0.4, 0.5) is 18.9 Å². The molecule has 0 radical (unpaired) electrons. The molecule has 2 unspecified atom stereocenters. The van der Waals surface area contributed by atoms with Gasteiger partial charge < -0.3 is 10.2 Å². The Hall–Kier alpha value is -3.38. The van der Waals surface area contributed by atoms with Crippen molar-refractivity contribution in [2.45, 2.75) is 64.3 Å². The summed E-state index contributed by atoms with van der Waals surface area (Å²) in [5.41, 5.74) is 0.531. The lowest BCUT2D eigenvalue weighted by atomic mass is 10.0. The van der Waals surface area contributed by atoms with Crippen LogP contribution in [0.2, 0.25) is 0 Å². The van der Waals surface area contributed by atoms with Crippen molar-refractivity contribution in [3.63, 3.8) is 0 Å². The highest BCUT2D eigenvalue weighted by atomic mass is 79.9. The van der Waals surface area contributed by atoms with E-state index in [1.807, 2.05) is 68.4 Å². The Labute approximate surface area is 265 Å². The summed E-state index contributed by atoms with van der Waals surface area (Å²) in [7, 11) is -3.97. The van der Waals surface area contributed by atoms with Gasteiger partial charge in [-0.2, -0.15) is 13.2 Å². The minimum Gasteiger partial charge on any atom is -0.352 e. The number of benzene rings is 3. The fourth-order valence-corrected chi connectivity index (χ4v) is 5.84. The van der Waals surface area contributed by atoms with E-state index in [2.05, 4.69) is 21.2 Å². The molecule has 0 bridgehead atoms. The highest BCUT2D eigenvalue weighted by Gasteiger charge is 2.33. The van der Waals surface area contributed by atoms with E-state index in [9.17, 15) is 31.2 Å². The van der Waals surface area contributed by atoms with Crippen molar-refractivity contribution >= 4 is 43.5 Å². The van der Waals surface area contributed by atoms with Crippen LogP contribution in [0.3, 0.4) is 0 Å². The molecular formula is C32H37BrF3N3O4S. The van der Waals surface area contributed by atoms with Crippen LogP contribution in [-0.4, -0.2) is 50.0 Å². The lowest BCUT2D eigenvalue weighted by Gasteiger charge is -2.32. The molecule has 3 aromatic carbocycles. The average Bonchev–Trinajstić information content (AvgIpc) is 2.97. The Kier molecular flexibility index (Phi) is 12.4. The molecule has 2 atom stereocenters. The maximum Gasteiger partial charge on any atom is 0.416 e. The molecule has 0 fully saturated rings. The van der Waals surface area contributed by atoms with Gasteiger partial charge in [0, 0.05) is 36.4 Å². The highest BCUT2D eigenvalue weighted by molar-refractivity contribution is 9.10. The van der Waals surface area contributed by atoms with Crippen molar-refractivity contribution in [1.29, 1.82) is 0 Å². The second kappa shape index (κ2) is 15.6. The lowest BCUT2D eigenvalue weighted by molar-refractivity contribution is -0.141. The zero-order valence-corrected chi connectivity index (χ0v) is 27.3. The van der Waals surface area contributed by atoms with Gasteiger partial charge in [0.1, 0.15) is 6.04 Å². The molecule has 3 aromatic rings. The first-order valence-corrected chi connectivity index (χ1v) is 16.9. The smallest absolute Gasteiger partial charge is 0.352 e. The van der Waals surface area contributed by atoms with Crippen molar-refractivity contribution in [2.24, 2.45) is 0 Å². The summed E-state index contributed by atoms with van der Waals surface area (Å²) >= 11 is 3.41. The number of hydrogen-bond acceptors (Lipinski definition) is 4. The number of halogens is 4. The van der Waals surface area contributed by atoms with Crippen molar-refractivity contribution in [3.8, 4) is 0 Å². The van der Waals surface area contributed by atoms with E-state index in [0.29, 0.717) is 6.42 Å². The van der Waals surface area contributed by atoms with Crippen LogP contribution in [0, 0.1) is 0 Å². The zero-order valence-electron chi connectivity index (χ0n) is 24.9. The van der Waals surface area contributed by atoms with Gasteiger partial charge in [0.05, 0.1) is 17.5 Å². The van der Waals surface area contributed by atoms with Crippen molar-refractivity contribution in [2.75, 3.05) is 17.1 Å². The number of nitrogens with zero attached hydrogens (tertiary/aromatic N) is 2. The topological polar surface area (TPSA) is 86.8 Å². The van der Waals surface area contributed by atoms with Gasteiger partial charge in [0.25, 0.3) is 0 Å². The van der Waals surface area contributed by atoms with Gasteiger partial charge >= 0.3 is 6.18 Å². The number of nitrogens with one attached hydrogen (secondary N) is 1. The Morgan fingerprint density at radius 2 is 1.61 bits per heavy atom. The van der Waals surface area contributed by atoms with Crippen molar-refractivity contribution in [1.82, 2.24) is 10.2 Å². The molecule has 0 aliphatic heterocycles. The number of carbonyl (C=O) groups is 2. The van der Waals surface area contributed by atoms with E-state index < -0.39 is 27.8 Å². The first-order valence-electron chi connectivity index (χ1n) is 14.2. The molecule has 3 rings (SSSR count). The minimum absolute atomic E-state index is 0.0179. The number of anilines is 1. The van der Waals surface area contributed by atoms with E-state index in [1.54, 1.807) is 0 Å². The molecular weight excluding hydrogens is 659 g/mol. The Morgan fingerprint density at radius 1 is 0.955 bits per heavy atom. The molecule has 7 nitrogen and oxygen atoms in total. The molecule has 1 N–H and O–H groups in total. The normalized spacial score (nSPS) is 13.2. The molecule has 238 valence electrons. The maximum absolute atomic E-state index is 13.9. The number of alkyl halides is 3. The van der Waals surface area contributed by atoms with Crippen LogP contribution >= 0.6 is 15.9 Å². The number of hydrogen-bond donors (Lipinski definition) is 1. The van der Waals surface area contributed by atoms with Crippen molar-refractivity contribution in [3.05, 3.63) is 100 Å². The molecule has 0 saturated heterocycles. The summed E-state index contributed by atoms with van der Waals surface area (Å²) in [6.07, 6.45) is -2.91. The van der Waals surface area contributed by atoms with Crippen LogP contribution < -0.4 is 9.62 Å². The van der Waals surface area contributed by atoms with Gasteiger partial charge in [-0.3, -0.25) is 13.9 Å². The summed E-state index contributed by atoms with van der Waals surface area (Å²) in [6.45, 7) is 3.73. The molecule has 0 aliphatic rings. The molecule has 0 aromatic heterocycles. The van der Waals surface area contributed by atoms with Crippen LogP contribution in [0.25, 0.3) is 0 Å². The Bertz CT molecular complexity index is 1500. The van der Waals surface area contributed by atoms with Gasteiger partial charge in [0.2, 0.25) is 21.8 Å². The van der Waals surface area contributed by atoms with E-state index in [-0.39, 0.29) is 55.9 Å². The third-order valence-corrected chi connectivity index (χ3v) is 8.87. The van der Waals surface area contributed by atoms with E-state index in [1.165, 1.54) is 11.0 Å². The van der Waals surface area contributed by atoms with E-state index >= 15 is 0 Å². The van der Waals surface area contributed by atoms with Crippen molar-refractivity contribution < 1.29 is 31.2 Å². The molecule has 0 spiro atoms. The summed E-state index contributed by atoms with van der Waals surface area (Å²) in [6, 6.07) is 19.8. The van der Waals surface area contributed by atoms with E-state index in [4.69, 9.17) is 0 Å². The highest BCUT2D eigenvalue weighted by Crippen LogP contribution is 2.32. The fraction of sp³-hybridized carbons (Fsp3) is 0.375. The molecule has 0 saturated carbocycles. The predicted octanol–water partition coefficient (Wildman–Crippen LogP) is 6.57. The second-order valence-electron chi connectivity index (χ2n) is 10.7. The number of sulfonamides is 1.